The Morgan fingerprint density at radius 1 is 1.11 bits per heavy atom. The molecule has 0 spiro atoms. The molecule has 4 nitrogen and oxygen atoms in total. The van der Waals surface area contributed by atoms with Gasteiger partial charge in [0.15, 0.2) is 4.80 Å². The van der Waals surface area contributed by atoms with Crippen molar-refractivity contribution in [3.8, 4) is 18.1 Å². The normalized spacial score (nSPS) is 16.4. The number of halogens is 1. The molecule has 0 fully saturated rings. The largest absolute Gasteiger partial charge is 0.481 e. The molecule has 6 heteroatoms. The molecule has 176 valence electrons. The quantitative estimate of drug-likeness (QED) is 0.395. The van der Waals surface area contributed by atoms with Gasteiger partial charge in [-0.1, -0.05) is 65.8 Å². The second-order valence-electron chi connectivity index (χ2n) is 8.73. The van der Waals surface area contributed by atoms with Crippen LogP contribution in [0, 0.1) is 18.2 Å². The van der Waals surface area contributed by atoms with E-state index in [0.29, 0.717) is 15.1 Å². The smallest absolute Gasteiger partial charge is 0.271 e. The Morgan fingerprint density at radius 3 is 2.75 bits per heavy atom. The standard InChI is InChI=1S/C30H21FN2O2S/c1-2-16-35-23-13-10-19(11-14-23)17-26-29(34)33-28(21-7-5-8-22(31)18-21)25-15-12-20-6-3-4-9-24(20)27(25)32-30(33)36-26/h1,3-11,13-14,17-18,28H,12,15-16H2/t28-/m0/s1. The molecule has 0 saturated carbocycles. The summed E-state index contributed by atoms with van der Waals surface area (Å²) in [4.78, 5) is 19.3. The molecule has 0 N–H and O–H groups in total. The summed E-state index contributed by atoms with van der Waals surface area (Å²) in [6.07, 6.45) is 8.73. The van der Waals surface area contributed by atoms with Crippen LogP contribution in [0.1, 0.15) is 34.7 Å². The highest BCUT2D eigenvalue weighted by Gasteiger charge is 2.32. The summed E-state index contributed by atoms with van der Waals surface area (Å²) in [6.45, 7) is 0.200. The van der Waals surface area contributed by atoms with Crippen LogP contribution in [0.4, 0.5) is 4.39 Å². The minimum Gasteiger partial charge on any atom is -0.481 e. The molecule has 3 aromatic carbocycles. The molecule has 0 amide bonds. The van der Waals surface area contributed by atoms with Crippen molar-refractivity contribution in [2.45, 2.75) is 18.9 Å². The number of aromatic nitrogens is 1. The highest BCUT2D eigenvalue weighted by atomic mass is 32.1. The predicted octanol–water partition coefficient (Wildman–Crippen LogP) is 4.47. The predicted molar refractivity (Wildman–Crippen MR) is 140 cm³/mol. The van der Waals surface area contributed by atoms with E-state index in [1.807, 2.05) is 48.5 Å². The summed E-state index contributed by atoms with van der Waals surface area (Å²) in [5.41, 5.74) is 5.75. The van der Waals surface area contributed by atoms with Crippen molar-refractivity contribution in [2.24, 2.45) is 4.99 Å². The van der Waals surface area contributed by atoms with Gasteiger partial charge in [-0.2, -0.15) is 0 Å². The summed E-state index contributed by atoms with van der Waals surface area (Å²) in [5.74, 6) is 2.79. The lowest BCUT2D eigenvalue weighted by molar-refractivity contribution is 0.370. The molecule has 1 aliphatic carbocycles. The Morgan fingerprint density at radius 2 is 1.94 bits per heavy atom. The maximum Gasteiger partial charge on any atom is 0.271 e. The lowest BCUT2D eigenvalue weighted by atomic mass is 9.83. The molecule has 1 aliphatic heterocycles. The number of hydrogen-bond acceptors (Lipinski definition) is 4. The average molecular weight is 493 g/mol. The minimum atomic E-state index is -0.401. The van der Waals surface area contributed by atoms with Crippen LogP contribution < -0.4 is 19.6 Å². The van der Waals surface area contributed by atoms with Crippen molar-refractivity contribution in [2.75, 3.05) is 6.61 Å². The first-order valence-electron chi connectivity index (χ1n) is 11.7. The maximum absolute atomic E-state index is 14.3. The monoisotopic (exact) mass is 492 g/mol. The van der Waals surface area contributed by atoms with Crippen LogP contribution in [0.5, 0.6) is 5.75 Å². The molecule has 1 aromatic heterocycles. The van der Waals surface area contributed by atoms with Crippen LogP contribution in [0.3, 0.4) is 0 Å². The summed E-state index contributed by atoms with van der Waals surface area (Å²) in [6, 6.07) is 21.8. The third kappa shape index (κ3) is 3.88. The lowest BCUT2D eigenvalue weighted by Gasteiger charge is -2.30. The number of nitrogens with zero attached hydrogens (tertiary/aromatic N) is 2. The molecule has 0 saturated heterocycles. The first-order chi connectivity index (χ1) is 17.6. The van der Waals surface area contributed by atoms with Gasteiger partial charge in [-0.05, 0) is 65.4 Å². The first kappa shape index (κ1) is 22.3. The zero-order valence-electron chi connectivity index (χ0n) is 19.3. The van der Waals surface area contributed by atoms with E-state index in [9.17, 15) is 9.18 Å². The van der Waals surface area contributed by atoms with E-state index in [1.54, 1.807) is 10.6 Å². The Bertz CT molecular complexity index is 1740. The molecule has 0 unspecified atom stereocenters. The lowest BCUT2D eigenvalue weighted by Crippen LogP contribution is -2.38. The van der Waals surface area contributed by atoms with Crippen LogP contribution in [-0.2, 0) is 6.42 Å². The number of allylic oxidation sites excluding steroid dienone is 1. The highest BCUT2D eigenvalue weighted by Crippen LogP contribution is 2.41. The Balaban J connectivity index is 1.53. The van der Waals surface area contributed by atoms with E-state index in [4.69, 9.17) is 16.2 Å². The van der Waals surface area contributed by atoms with Gasteiger partial charge in [0.25, 0.3) is 5.56 Å². The SMILES string of the molecule is C#CCOc1ccc(C=c2sc3n(c2=O)[C@@H](c2cccc(F)c2)C2=C(N=3)c3ccccc3CC2)cc1. The van der Waals surface area contributed by atoms with E-state index in [-0.39, 0.29) is 18.0 Å². The maximum atomic E-state index is 14.3. The van der Waals surface area contributed by atoms with Crippen molar-refractivity contribution in [1.29, 1.82) is 0 Å². The number of aryl methyl sites for hydroxylation is 1. The zero-order valence-corrected chi connectivity index (χ0v) is 20.1. The molecule has 2 aliphatic rings. The van der Waals surface area contributed by atoms with Gasteiger partial charge in [0, 0.05) is 5.56 Å². The van der Waals surface area contributed by atoms with Gasteiger partial charge in [0.1, 0.15) is 18.2 Å². The van der Waals surface area contributed by atoms with Crippen LogP contribution in [0.25, 0.3) is 11.8 Å². The molecule has 36 heavy (non-hydrogen) atoms. The molecule has 2 heterocycles. The summed E-state index contributed by atoms with van der Waals surface area (Å²) in [5, 5.41) is 0. The number of benzene rings is 3. The number of hydrogen-bond donors (Lipinski definition) is 0. The Kier molecular flexibility index (Phi) is 5.63. The fourth-order valence-electron chi connectivity index (χ4n) is 4.94. The van der Waals surface area contributed by atoms with Crippen LogP contribution in [0.15, 0.2) is 88.2 Å². The topological polar surface area (TPSA) is 43.6 Å². The van der Waals surface area contributed by atoms with Crippen molar-refractivity contribution in [3.05, 3.63) is 126 Å². The van der Waals surface area contributed by atoms with E-state index in [1.165, 1.54) is 29.0 Å². The van der Waals surface area contributed by atoms with Gasteiger partial charge in [-0.15, -0.1) is 6.42 Å². The van der Waals surface area contributed by atoms with Gasteiger partial charge in [-0.3, -0.25) is 9.36 Å². The van der Waals surface area contributed by atoms with Gasteiger partial charge >= 0.3 is 0 Å². The minimum absolute atomic E-state index is 0.133. The van der Waals surface area contributed by atoms with Gasteiger partial charge in [0.2, 0.25) is 0 Å². The second-order valence-corrected chi connectivity index (χ2v) is 9.74. The van der Waals surface area contributed by atoms with Gasteiger partial charge < -0.3 is 4.74 Å². The average Bonchev–Trinajstić information content (AvgIpc) is 3.21. The van der Waals surface area contributed by atoms with E-state index in [2.05, 4.69) is 18.1 Å². The van der Waals surface area contributed by atoms with Crippen molar-refractivity contribution < 1.29 is 9.13 Å². The molecule has 1 atom stereocenters. The second kappa shape index (κ2) is 9.10. The Labute approximate surface area is 211 Å². The van der Waals surface area contributed by atoms with Crippen molar-refractivity contribution >= 4 is 23.1 Å². The van der Waals surface area contributed by atoms with E-state index < -0.39 is 6.04 Å². The summed E-state index contributed by atoms with van der Waals surface area (Å²) >= 11 is 1.35. The third-order valence-corrected chi connectivity index (χ3v) is 7.52. The van der Waals surface area contributed by atoms with Crippen LogP contribution >= 0.6 is 11.3 Å². The van der Waals surface area contributed by atoms with E-state index in [0.717, 1.165) is 40.8 Å². The fraction of sp³-hybridized carbons (Fsp3) is 0.133. The molecular formula is C30H21FN2O2S. The summed E-state index contributed by atoms with van der Waals surface area (Å²) < 4.78 is 22.0. The van der Waals surface area contributed by atoms with Crippen LogP contribution in [-0.4, -0.2) is 11.2 Å². The molecule has 0 bridgehead atoms. The van der Waals surface area contributed by atoms with Gasteiger partial charge in [0.05, 0.1) is 16.3 Å². The van der Waals surface area contributed by atoms with E-state index >= 15 is 0 Å². The number of rotatable bonds is 4. The third-order valence-electron chi connectivity index (χ3n) is 6.54. The number of thiazole rings is 1. The molecular weight excluding hydrogens is 471 g/mol. The molecule has 4 aromatic rings. The van der Waals surface area contributed by atoms with Gasteiger partial charge in [-0.25, -0.2) is 9.38 Å². The molecule has 0 radical (unpaired) electrons. The fourth-order valence-corrected chi connectivity index (χ4v) is 5.94. The number of ether oxygens (including phenoxy) is 1. The van der Waals surface area contributed by atoms with Crippen LogP contribution in [0.2, 0.25) is 0 Å². The van der Waals surface area contributed by atoms with Crippen molar-refractivity contribution in [1.82, 2.24) is 4.57 Å². The zero-order chi connectivity index (χ0) is 24.6. The van der Waals surface area contributed by atoms with Crippen molar-refractivity contribution in [3.63, 3.8) is 0 Å². The molecule has 6 rings (SSSR count). The first-order valence-corrected chi connectivity index (χ1v) is 12.5. The Hall–Kier alpha value is -4.21. The highest BCUT2D eigenvalue weighted by molar-refractivity contribution is 7.07. The summed E-state index contributed by atoms with van der Waals surface area (Å²) in [7, 11) is 0. The number of fused-ring (bicyclic) bond motifs is 3. The number of terminal acetylenes is 1.